The molecule has 1 aromatic rings. The number of carbonyl (C=O) groups is 1. The average Bonchev–Trinajstić information content (AvgIpc) is 2.39. The van der Waals surface area contributed by atoms with Crippen molar-refractivity contribution in [2.75, 3.05) is 5.32 Å². The lowest BCUT2D eigenvalue weighted by atomic mass is 9.80. The molecule has 1 amide bonds. The number of benzene rings is 1. The van der Waals surface area contributed by atoms with E-state index in [1.165, 1.54) is 12.0 Å². The van der Waals surface area contributed by atoms with Crippen LogP contribution in [0, 0.1) is 0 Å². The van der Waals surface area contributed by atoms with E-state index in [9.17, 15) is 4.79 Å². The van der Waals surface area contributed by atoms with Crippen LogP contribution in [-0.4, -0.2) is 11.4 Å². The van der Waals surface area contributed by atoms with Gasteiger partial charge in [-0.05, 0) is 36.5 Å². The first-order valence-electron chi connectivity index (χ1n) is 7.67. The van der Waals surface area contributed by atoms with Crippen molar-refractivity contribution in [3.63, 3.8) is 0 Å². The van der Waals surface area contributed by atoms with Crippen molar-refractivity contribution in [1.29, 1.82) is 0 Å². The van der Waals surface area contributed by atoms with Crippen molar-refractivity contribution < 1.29 is 4.79 Å². The normalized spacial score (nSPS) is 18.0. The van der Waals surface area contributed by atoms with E-state index in [-0.39, 0.29) is 11.4 Å². The van der Waals surface area contributed by atoms with Gasteiger partial charge in [0.2, 0.25) is 5.91 Å². The second-order valence-electron chi connectivity index (χ2n) is 6.42. The maximum absolute atomic E-state index is 12.1. The molecule has 0 atom stereocenters. The molecule has 20 heavy (non-hydrogen) atoms. The lowest BCUT2D eigenvalue weighted by Gasteiger charge is -2.32. The van der Waals surface area contributed by atoms with Crippen molar-refractivity contribution >= 4 is 11.6 Å². The molecule has 0 spiro atoms. The van der Waals surface area contributed by atoms with Gasteiger partial charge in [-0.25, -0.2) is 0 Å². The smallest absolute Gasteiger partial charge is 0.226 e. The molecular formula is C17H26N2O. The summed E-state index contributed by atoms with van der Waals surface area (Å²) in [6.07, 6.45) is 5.90. The van der Waals surface area contributed by atoms with Gasteiger partial charge in [-0.15, -0.1) is 0 Å². The molecule has 110 valence electrons. The van der Waals surface area contributed by atoms with E-state index in [1.54, 1.807) is 0 Å². The summed E-state index contributed by atoms with van der Waals surface area (Å²) in [6, 6.07) is 8.08. The zero-order valence-electron chi connectivity index (χ0n) is 12.6. The number of amides is 1. The SMILES string of the molecule is CC(C)c1ccc(NC(=O)CC2(N)CCCCC2)cc1. The van der Waals surface area contributed by atoms with E-state index in [2.05, 4.69) is 31.3 Å². The summed E-state index contributed by atoms with van der Waals surface area (Å²) >= 11 is 0. The van der Waals surface area contributed by atoms with Crippen LogP contribution in [0.4, 0.5) is 5.69 Å². The van der Waals surface area contributed by atoms with Crippen LogP contribution in [0.2, 0.25) is 0 Å². The van der Waals surface area contributed by atoms with Gasteiger partial charge in [0.1, 0.15) is 0 Å². The standard InChI is InChI=1S/C17H26N2O/c1-13(2)14-6-8-15(9-7-14)19-16(20)12-17(18)10-4-3-5-11-17/h6-9,13H,3-5,10-12,18H2,1-2H3,(H,19,20). The predicted octanol–water partition coefficient (Wildman–Crippen LogP) is 3.80. The summed E-state index contributed by atoms with van der Waals surface area (Å²) < 4.78 is 0. The molecule has 1 aromatic carbocycles. The molecule has 0 radical (unpaired) electrons. The fourth-order valence-electron chi connectivity index (χ4n) is 2.91. The Kier molecular flexibility index (Phi) is 4.81. The van der Waals surface area contributed by atoms with Gasteiger partial charge < -0.3 is 11.1 Å². The van der Waals surface area contributed by atoms with Crippen LogP contribution in [0.5, 0.6) is 0 Å². The van der Waals surface area contributed by atoms with Crippen LogP contribution >= 0.6 is 0 Å². The van der Waals surface area contributed by atoms with Crippen LogP contribution < -0.4 is 11.1 Å². The van der Waals surface area contributed by atoms with Gasteiger partial charge in [0, 0.05) is 17.6 Å². The number of hydrogen-bond acceptors (Lipinski definition) is 2. The minimum atomic E-state index is -0.291. The van der Waals surface area contributed by atoms with Gasteiger partial charge >= 0.3 is 0 Å². The van der Waals surface area contributed by atoms with Crippen molar-refractivity contribution in [3.05, 3.63) is 29.8 Å². The summed E-state index contributed by atoms with van der Waals surface area (Å²) in [4.78, 5) is 12.1. The summed E-state index contributed by atoms with van der Waals surface area (Å²) in [7, 11) is 0. The molecule has 3 nitrogen and oxygen atoms in total. The van der Waals surface area contributed by atoms with E-state index < -0.39 is 0 Å². The molecule has 1 aliphatic rings. The number of carbonyl (C=O) groups excluding carboxylic acids is 1. The molecule has 0 saturated heterocycles. The highest BCUT2D eigenvalue weighted by molar-refractivity contribution is 5.91. The number of rotatable bonds is 4. The fourth-order valence-corrected chi connectivity index (χ4v) is 2.91. The summed E-state index contributed by atoms with van der Waals surface area (Å²) in [5, 5.41) is 2.96. The number of anilines is 1. The first-order valence-corrected chi connectivity index (χ1v) is 7.67. The third-order valence-corrected chi connectivity index (χ3v) is 4.22. The van der Waals surface area contributed by atoms with Crippen LogP contribution in [-0.2, 0) is 4.79 Å². The van der Waals surface area contributed by atoms with Crippen LogP contribution in [0.3, 0.4) is 0 Å². The molecule has 1 saturated carbocycles. The second kappa shape index (κ2) is 6.40. The highest BCUT2D eigenvalue weighted by atomic mass is 16.1. The third-order valence-electron chi connectivity index (χ3n) is 4.22. The lowest BCUT2D eigenvalue weighted by Crippen LogP contribution is -2.44. The Labute approximate surface area is 121 Å². The number of nitrogens with one attached hydrogen (secondary N) is 1. The highest BCUT2D eigenvalue weighted by Crippen LogP contribution is 2.29. The molecule has 0 unspecified atom stereocenters. The van der Waals surface area contributed by atoms with E-state index in [0.717, 1.165) is 31.4 Å². The first kappa shape index (κ1) is 15.0. The third kappa shape index (κ3) is 4.07. The van der Waals surface area contributed by atoms with E-state index in [0.29, 0.717) is 12.3 Å². The van der Waals surface area contributed by atoms with Gasteiger partial charge in [0.25, 0.3) is 0 Å². The predicted molar refractivity (Wildman–Crippen MR) is 83.8 cm³/mol. The van der Waals surface area contributed by atoms with E-state index in [4.69, 9.17) is 5.73 Å². The molecular weight excluding hydrogens is 248 g/mol. The van der Waals surface area contributed by atoms with Gasteiger partial charge in [0.15, 0.2) is 0 Å². The molecule has 0 heterocycles. The van der Waals surface area contributed by atoms with Crippen molar-refractivity contribution in [3.8, 4) is 0 Å². The fraction of sp³-hybridized carbons (Fsp3) is 0.588. The molecule has 1 fully saturated rings. The van der Waals surface area contributed by atoms with Crippen LogP contribution in [0.1, 0.15) is 63.9 Å². The van der Waals surface area contributed by atoms with Crippen molar-refractivity contribution in [1.82, 2.24) is 0 Å². The molecule has 0 aromatic heterocycles. The Balaban J connectivity index is 1.90. The van der Waals surface area contributed by atoms with Gasteiger partial charge in [0.05, 0.1) is 0 Å². The van der Waals surface area contributed by atoms with Crippen molar-refractivity contribution in [2.24, 2.45) is 5.73 Å². The monoisotopic (exact) mass is 274 g/mol. The van der Waals surface area contributed by atoms with E-state index >= 15 is 0 Å². The molecule has 3 N–H and O–H groups in total. The molecule has 2 rings (SSSR count). The largest absolute Gasteiger partial charge is 0.326 e. The number of hydrogen-bond donors (Lipinski definition) is 2. The van der Waals surface area contributed by atoms with Gasteiger partial charge in [-0.2, -0.15) is 0 Å². The summed E-state index contributed by atoms with van der Waals surface area (Å²) in [6.45, 7) is 4.32. The summed E-state index contributed by atoms with van der Waals surface area (Å²) in [5.41, 5.74) is 8.17. The Morgan fingerprint density at radius 3 is 2.35 bits per heavy atom. The Morgan fingerprint density at radius 1 is 1.20 bits per heavy atom. The molecule has 1 aliphatic carbocycles. The minimum absolute atomic E-state index is 0.0340. The second-order valence-corrected chi connectivity index (χ2v) is 6.42. The molecule has 0 aliphatic heterocycles. The van der Waals surface area contributed by atoms with Gasteiger partial charge in [-0.3, -0.25) is 4.79 Å². The maximum Gasteiger partial charge on any atom is 0.226 e. The molecule has 0 bridgehead atoms. The van der Waals surface area contributed by atoms with Crippen LogP contribution in [0.15, 0.2) is 24.3 Å². The van der Waals surface area contributed by atoms with Crippen molar-refractivity contribution in [2.45, 2.75) is 63.8 Å². The Morgan fingerprint density at radius 2 is 1.80 bits per heavy atom. The van der Waals surface area contributed by atoms with Gasteiger partial charge in [-0.1, -0.05) is 45.2 Å². The average molecular weight is 274 g/mol. The Hall–Kier alpha value is -1.35. The minimum Gasteiger partial charge on any atom is -0.326 e. The quantitative estimate of drug-likeness (QED) is 0.877. The van der Waals surface area contributed by atoms with Crippen LogP contribution in [0.25, 0.3) is 0 Å². The Bertz CT molecular complexity index is 445. The number of nitrogens with two attached hydrogens (primary N) is 1. The highest BCUT2D eigenvalue weighted by Gasteiger charge is 2.29. The maximum atomic E-state index is 12.1. The van der Waals surface area contributed by atoms with E-state index in [1.807, 2.05) is 12.1 Å². The molecule has 3 heteroatoms. The summed E-state index contributed by atoms with van der Waals surface area (Å²) in [5.74, 6) is 0.543. The first-order chi connectivity index (χ1) is 9.48. The zero-order chi connectivity index (χ0) is 14.6. The lowest BCUT2D eigenvalue weighted by molar-refractivity contribution is -0.117. The zero-order valence-corrected chi connectivity index (χ0v) is 12.6. The topological polar surface area (TPSA) is 55.1 Å².